The monoisotopic (exact) mass is 410 g/mol. The molecule has 1 saturated carbocycles. The average Bonchev–Trinajstić information content (AvgIpc) is 2.75. The molecule has 0 heterocycles. The van der Waals surface area contributed by atoms with Crippen molar-refractivity contribution < 1.29 is 22.7 Å². The third-order valence-corrected chi connectivity index (χ3v) is 8.47. The molecule has 162 valence electrons. The standard InChI is InChI=1S/C24H33F3O2/c1-16-20-17(2)23(16,15-29-19(4)28)14-13-22(18(3)24(25,26)27)10-8-6-7-9-21(20,5)11-12-22/h6-8,10,13-14,16-18,20H,9,11-12,15H2,1-5H3/b7-6-,10-8-,14-13-. The van der Waals surface area contributed by atoms with Gasteiger partial charge in [-0.3, -0.25) is 4.79 Å². The van der Waals surface area contributed by atoms with Crippen molar-refractivity contribution in [2.24, 2.45) is 39.9 Å². The topological polar surface area (TPSA) is 26.3 Å². The number of carbonyl (C=O) groups excluding carboxylic acids is 1. The van der Waals surface area contributed by atoms with Crippen LogP contribution in [-0.4, -0.2) is 18.8 Å². The molecule has 0 spiro atoms. The van der Waals surface area contributed by atoms with Crippen LogP contribution in [0.2, 0.25) is 0 Å². The van der Waals surface area contributed by atoms with Crippen LogP contribution in [0.15, 0.2) is 36.5 Å². The van der Waals surface area contributed by atoms with E-state index in [1.165, 1.54) is 13.8 Å². The van der Waals surface area contributed by atoms with Gasteiger partial charge in [-0.2, -0.15) is 13.2 Å². The molecule has 5 atom stereocenters. The highest BCUT2D eigenvalue weighted by atomic mass is 19.4. The minimum absolute atomic E-state index is 0.0936. The van der Waals surface area contributed by atoms with Gasteiger partial charge in [-0.25, -0.2) is 0 Å². The summed E-state index contributed by atoms with van der Waals surface area (Å²) in [5.41, 5.74) is -1.62. The van der Waals surface area contributed by atoms with Crippen LogP contribution in [0.5, 0.6) is 0 Å². The van der Waals surface area contributed by atoms with Gasteiger partial charge in [-0.15, -0.1) is 0 Å². The van der Waals surface area contributed by atoms with Crippen LogP contribution in [0.3, 0.4) is 0 Å². The lowest BCUT2D eigenvalue weighted by Gasteiger charge is -2.63. The van der Waals surface area contributed by atoms with E-state index in [-0.39, 0.29) is 29.8 Å². The number of rotatable bonds is 3. The molecule has 0 aromatic rings. The maximum atomic E-state index is 13.9. The summed E-state index contributed by atoms with van der Waals surface area (Å²) >= 11 is 0. The molecule has 5 heteroatoms. The van der Waals surface area contributed by atoms with Crippen LogP contribution in [-0.2, 0) is 9.53 Å². The Hall–Kier alpha value is -1.52. The van der Waals surface area contributed by atoms with Crippen molar-refractivity contribution in [3.63, 3.8) is 0 Å². The van der Waals surface area contributed by atoms with Crippen molar-refractivity contribution in [2.75, 3.05) is 6.61 Å². The number of hydrogen-bond donors (Lipinski definition) is 0. The van der Waals surface area contributed by atoms with E-state index in [1.807, 2.05) is 12.2 Å². The summed E-state index contributed by atoms with van der Waals surface area (Å²) in [6, 6.07) is 0. The Balaban J connectivity index is 2.16. The summed E-state index contributed by atoms with van der Waals surface area (Å²) in [6.07, 6.45) is 9.01. The van der Waals surface area contributed by atoms with Gasteiger partial charge in [0.2, 0.25) is 0 Å². The molecule has 4 aliphatic carbocycles. The van der Waals surface area contributed by atoms with Gasteiger partial charge in [0.05, 0.1) is 5.92 Å². The van der Waals surface area contributed by atoms with E-state index in [0.29, 0.717) is 12.3 Å². The minimum Gasteiger partial charge on any atom is -0.465 e. The third-order valence-electron chi connectivity index (χ3n) is 8.47. The zero-order valence-corrected chi connectivity index (χ0v) is 18.1. The van der Waals surface area contributed by atoms with Crippen LogP contribution >= 0.6 is 0 Å². The van der Waals surface area contributed by atoms with Gasteiger partial charge >= 0.3 is 12.1 Å². The number of hydrogen-bond acceptors (Lipinski definition) is 2. The normalized spacial score (nSPS) is 45.9. The molecule has 0 aliphatic heterocycles. The van der Waals surface area contributed by atoms with Crippen molar-refractivity contribution in [1.82, 2.24) is 0 Å². The first-order chi connectivity index (χ1) is 13.4. The van der Waals surface area contributed by atoms with E-state index in [9.17, 15) is 18.0 Å². The summed E-state index contributed by atoms with van der Waals surface area (Å²) < 4.78 is 47.1. The lowest BCUT2D eigenvalue weighted by molar-refractivity contribution is -0.191. The number of allylic oxidation sites excluding steroid dienone is 5. The van der Waals surface area contributed by atoms with Crippen LogP contribution < -0.4 is 0 Å². The molecule has 4 bridgehead atoms. The van der Waals surface area contributed by atoms with Crippen LogP contribution in [0.25, 0.3) is 0 Å². The third kappa shape index (κ3) is 3.59. The van der Waals surface area contributed by atoms with Crippen LogP contribution in [0.1, 0.15) is 53.9 Å². The van der Waals surface area contributed by atoms with E-state index in [0.717, 1.165) is 12.8 Å². The number of ether oxygens (including phenoxy) is 1. The molecule has 1 fully saturated rings. The molecule has 0 aromatic heterocycles. The van der Waals surface area contributed by atoms with Crippen molar-refractivity contribution in [3.8, 4) is 0 Å². The first kappa shape index (κ1) is 22.2. The molecular weight excluding hydrogens is 377 g/mol. The highest BCUT2D eigenvalue weighted by Crippen LogP contribution is 2.66. The summed E-state index contributed by atoms with van der Waals surface area (Å²) in [5.74, 6) is -1.02. The second kappa shape index (κ2) is 7.31. The molecule has 29 heavy (non-hydrogen) atoms. The molecule has 5 unspecified atom stereocenters. The minimum atomic E-state index is -4.29. The number of esters is 1. The SMILES string of the molecule is CC(=O)OCC12/C=C\C3(C(C)C(F)(F)F)/C=C\C=C/CC(C)(CC3)C(C1C)C2C. The van der Waals surface area contributed by atoms with Gasteiger partial charge in [0.15, 0.2) is 0 Å². The highest BCUT2D eigenvalue weighted by molar-refractivity contribution is 5.66. The number of alkyl halides is 3. The Morgan fingerprint density at radius 1 is 1.14 bits per heavy atom. The number of halogens is 3. The fraction of sp³-hybridized carbons (Fsp3) is 0.708. The fourth-order valence-corrected chi connectivity index (χ4v) is 6.35. The highest BCUT2D eigenvalue weighted by Gasteiger charge is 2.63. The predicted octanol–water partition coefficient (Wildman–Crippen LogP) is 6.50. The summed E-state index contributed by atoms with van der Waals surface area (Å²) in [7, 11) is 0. The second-order valence-electron chi connectivity index (χ2n) is 9.85. The van der Waals surface area contributed by atoms with Crippen molar-refractivity contribution >= 4 is 5.97 Å². The predicted molar refractivity (Wildman–Crippen MR) is 108 cm³/mol. The Kier molecular flexibility index (Phi) is 5.59. The van der Waals surface area contributed by atoms with Gasteiger partial charge in [0, 0.05) is 17.8 Å². The van der Waals surface area contributed by atoms with Crippen LogP contribution in [0, 0.1) is 39.9 Å². The lowest BCUT2D eigenvalue weighted by atomic mass is 9.41. The summed E-state index contributed by atoms with van der Waals surface area (Å²) in [4.78, 5) is 11.5. The number of carbonyl (C=O) groups is 1. The Morgan fingerprint density at radius 2 is 1.79 bits per heavy atom. The molecular formula is C24H33F3O2. The molecule has 0 aromatic carbocycles. The van der Waals surface area contributed by atoms with Crippen LogP contribution in [0.4, 0.5) is 13.2 Å². The molecule has 0 N–H and O–H groups in total. The zero-order valence-electron chi connectivity index (χ0n) is 18.1. The Bertz CT molecular complexity index is 725. The first-order valence-electron chi connectivity index (χ1n) is 10.6. The first-order valence-corrected chi connectivity index (χ1v) is 10.6. The molecule has 4 rings (SSSR count). The van der Waals surface area contributed by atoms with Crippen molar-refractivity contribution in [3.05, 3.63) is 36.5 Å². The van der Waals surface area contributed by atoms with Gasteiger partial charge in [-0.05, 0) is 42.4 Å². The van der Waals surface area contributed by atoms with E-state index >= 15 is 0 Å². The molecule has 0 saturated heterocycles. The van der Waals surface area contributed by atoms with Gasteiger partial charge < -0.3 is 4.74 Å². The smallest absolute Gasteiger partial charge is 0.392 e. The average molecular weight is 411 g/mol. The molecule has 2 nitrogen and oxygen atoms in total. The van der Waals surface area contributed by atoms with Crippen molar-refractivity contribution in [1.29, 1.82) is 0 Å². The van der Waals surface area contributed by atoms with E-state index in [1.54, 1.807) is 18.2 Å². The zero-order chi connectivity index (χ0) is 21.7. The second-order valence-corrected chi connectivity index (χ2v) is 9.85. The molecule has 0 amide bonds. The fourth-order valence-electron chi connectivity index (χ4n) is 6.35. The van der Waals surface area contributed by atoms with Gasteiger partial charge in [0.25, 0.3) is 0 Å². The van der Waals surface area contributed by atoms with Gasteiger partial charge in [0.1, 0.15) is 6.61 Å². The Labute approximate surface area is 172 Å². The van der Waals surface area contributed by atoms with Gasteiger partial charge in [-0.1, -0.05) is 64.2 Å². The lowest BCUT2D eigenvalue weighted by Crippen LogP contribution is -2.60. The summed E-state index contributed by atoms with van der Waals surface area (Å²) in [6.45, 7) is 9.47. The molecule has 0 radical (unpaired) electrons. The summed E-state index contributed by atoms with van der Waals surface area (Å²) in [5, 5.41) is 0. The van der Waals surface area contributed by atoms with E-state index in [4.69, 9.17) is 4.74 Å². The largest absolute Gasteiger partial charge is 0.465 e. The van der Waals surface area contributed by atoms with Crippen molar-refractivity contribution in [2.45, 2.75) is 60.1 Å². The molecule has 4 aliphatic rings. The maximum absolute atomic E-state index is 13.9. The maximum Gasteiger partial charge on any atom is 0.392 e. The quantitative estimate of drug-likeness (QED) is 0.392. The van der Waals surface area contributed by atoms with E-state index in [2.05, 4.69) is 26.8 Å². The van der Waals surface area contributed by atoms with E-state index < -0.39 is 22.9 Å². The Morgan fingerprint density at radius 3 is 2.38 bits per heavy atom.